The molecule has 146 valence electrons. The minimum atomic E-state index is 0.306. The number of likely N-dealkylation sites (tertiary alicyclic amines) is 2. The lowest BCUT2D eigenvalue weighted by Gasteiger charge is -2.37. The zero-order valence-electron chi connectivity index (χ0n) is 16.2. The third-order valence-electron chi connectivity index (χ3n) is 6.13. The molecular weight excluding hydrogens is 360 g/mol. The molecule has 4 rings (SSSR count). The number of fused-ring (bicyclic) bond motifs is 1. The number of halogens is 1. The Labute approximate surface area is 166 Å². The summed E-state index contributed by atoms with van der Waals surface area (Å²) in [6, 6.07) is 6.38. The van der Waals surface area contributed by atoms with Gasteiger partial charge in [0.1, 0.15) is 5.82 Å². The summed E-state index contributed by atoms with van der Waals surface area (Å²) in [5.74, 6) is 1.33. The Kier molecular flexibility index (Phi) is 5.69. The standard InChI is InChI=1S/C21H29ClN4O/c1-24-19-10-9-16(22)14-18(19)23-20(24)7-4-8-21(27)26-13-5-6-17(15-26)25-11-2-3-12-25/h9-10,14,17H,2-8,11-13,15H2,1H3/t17-/m1/s1. The molecule has 0 N–H and O–H groups in total. The van der Waals surface area contributed by atoms with E-state index >= 15 is 0 Å². The molecule has 27 heavy (non-hydrogen) atoms. The van der Waals surface area contributed by atoms with Gasteiger partial charge in [-0.05, 0) is 63.4 Å². The van der Waals surface area contributed by atoms with Crippen molar-refractivity contribution in [2.75, 3.05) is 26.2 Å². The summed E-state index contributed by atoms with van der Waals surface area (Å²) in [7, 11) is 2.03. The Balaban J connectivity index is 1.31. The number of carbonyl (C=O) groups excluding carboxylic acids is 1. The Morgan fingerprint density at radius 1 is 1.22 bits per heavy atom. The van der Waals surface area contributed by atoms with Crippen molar-refractivity contribution in [2.45, 2.75) is 51.0 Å². The van der Waals surface area contributed by atoms with Crippen LogP contribution >= 0.6 is 11.6 Å². The van der Waals surface area contributed by atoms with Crippen molar-refractivity contribution in [3.05, 3.63) is 29.0 Å². The van der Waals surface area contributed by atoms with Gasteiger partial charge in [0.15, 0.2) is 0 Å². The topological polar surface area (TPSA) is 41.4 Å². The fourth-order valence-corrected chi connectivity index (χ4v) is 4.75. The minimum Gasteiger partial charge on any atom is -0.341 e. The van der Waals surface area contributed by atoms with E-state index in [1.165, 1.54) is 32.4 Å². The van der Waals surface area contributed by atoms with Gasteiger partial charge in [0.25, 0.3) is 0 Å². The molecule has 0 saturated carbocycles. The van der Waals surface area contributed by atoms with Crippen LogP contribution in [0.15, 0.2) is 18.2 Å². The lowest BCUT2D eigenvalue weighted by molar-refractivity contribution is -0.133. The SMILES string of the molecule is Cn1c(CCCC(=O)N2CCC[C@@H](N3CCCC3)C2)nc2cc(Cl)ccc21. The van der Waals surface area contributed by atoms with Crippen LogP contribution in [0.1, 0.15) is 44.3 Å². The maximum absolute atomic E-state index is 12.7. The highest BCUT2D eigenvalue weighted by atomic mass is 35.5. The van der Waals surface area contributed by atoms with E-state index < -0.39 is 0 Å². The Morgan fingerprint density at radius 2 is 2.04 bits per heavy atom. The van der Waals surface area contributed by atoms with Crippen molar-refractivity contribution in [1.82, 2.24) is 19.4 Å². The lowest BCUT2D eigenvalue weighted by Crippen LogP contribution is -2.48. The zero-order valence-corrected chi connectivity index (χ0v) is 16.9. The van der Waals surface area contributed by atoms with Crippen LogP contribution in [0.25, 0.3) is 11.0 Å². The first kappa shape index (κ1) is 18.8. The minimum absolute atomic E-state index is 0.306. The first-order chi connectivity index (χ1) is 13.1. The van der Waals surface area contributed by atoms with Gasteiger partial charge in [-0.25, -0.2) is 4.98 Å². The number of piperidine rings is 1. The number of benzene rings is 1. The average Bonchev–Trinajstić information content (AvgIpc) is 3.31. The Bertz CT molecular complexity index is 812. The van der Waals surface area contributed by atoms with E-state index in [0.29, 0.717) is 23.4 Å². The first-order valence-electron chi connectivity index (χ1n) is 10.2. The summed E-state index contributed by atoms with van der Waals surface area (Å²) < 4.78 is 2.11. The molecule has 3 heterocycles. The molecular formula is C21H29ClN4O. The van der Waals surface area contributed by atoms with Gasteiger partial charge in [-0.2, -0.15) is 0 Å². The fourth-order valence-electron chi connectivity index (χ4n) is 4.59. The van der Waals surface area contributed by atoms with Crippen molar-refractivity contribution < 1.29 is 4.79 Å². The second kappa shape index (κ2) is 8.19. The number of hydrogen-bond acceptors (Lipinski definition) is 3. The predicted octanol–water partition coefficient (Wildman–Crippen LogP) is 3.64. The third-order valence-corrected chi connectivity index (χ3v) is 6.37. The number of aryl methyl sites for hydroxylation is 2. The number of rotatable bonds is 5. The van der Waals surface area contributed by atoms with Crippen LogP contribution in [0.3, 0.4) is 0 Å². The molecule has 2 fully saturated rings. The largest absolute Gasteiger partial charge is 0.341 e. The molecule has 0 spiro atoms. The van der Waals surface area contributed by atoms with E-state index in [0.717, 1.165) is 49.2 Å². The molecule has 2 saturated heterocycles. The third kappa shape index (κ3) is 4.14. The van der Waals surface area contributed by atoms with Gasteiger partial charge < -0.3 is 9.47 Å². The maximum atomic E-state index is 12.7. The second-order valence-electron chi connectivity index (χ2n) is 7.95. The molecule has 2 aliphatic rings. The average molecular weight is 389 g/mol. The molecule has 2 aliphatic heterocycles. The summed E-state index contributed by atoms with van der Waals surface area (Å²) in [4.78, 5) is 22.1. The number of carbonyl (C=O) groups is 1. The van der Waals surface area contributed by atoms with Crippen LogP contribution in [0.4, 0.5) is 0 Å². The normalized spacial score (nSPS) is 21.3. The first-order valence-corrected chi connectivity index (χ1v) is 10.6. The van der Waals surface area contributed by atoms with E-state index in [4.69, 9.17) is 16.6 Å². The van der Waals surface area contributed by atoms with Crippen molar-refractivity contribution in [3.63, 3.8) is 0 Å². The highest BCUT2D eigenvalue weighted by molar-refractivity contribution is 6.31. The van der Waals surface area contributed by atoms with Crippen LogP contribution in [0.2, 0.25) is 5.02 Å². The van der Waals surface area contributed by atoms with Gasteiger partial charge in [-0.3, -0.25) is 9.69 Å². The Morgan fingerprint density at radius 3 is 2.85 bits per heavy atom. The monoisotopic (exact) mass is 388 g/mol. The highest BCUT2D eigenvalue weighted by Crippen LogP contribution is 2.22. The smallest absolute Gasteiger partial charge is 0.222 e. The summed E-state index contributed by atoms with van der Waals surface area (Å²) in [6.45, 7) is 4.27. The molecule has 0 bridgehead atoms. The second-order valence-corrected chi connectivity index (χ2v) is 8.39. The van der Waals surface area contributed by atoms with E-state index in [2.05, 4.69) is 14.4 Å². The summed E-state index contributed by atoms with van der Waals surface area (Å²) in [5, 5.41) is 0.708. The molecule has 1 atom stereocenters. The lowest BCUT2D eigenvalue weighted by atomic mass is 10.0. The highest BCUT2D eigenvalue weighted by Gasteiger charge is 2.28. The van der Waals surface area contributed by atoms with Gasteiger partial charge in [0, 0.05) is 44.0 Å². The summed E-state index contributed by atoms with van der Waals surface area (Å²) in [6.07, 6.45) is 7.27. The maximum Gasteiger partial charge on any atom is 0.222 e. The summed E-state index contributed by atoms with van der Waals surface area (Å²) in [5.41, 5.74) is 2.01. The van der Waals surface area contributed by atoms with E-state index in [1.807, 2.05) is 25.2 Å². The van der Waals surface area contributed by atoms with Gasteiger partial charge >= 0.3 is 0 Å². The van der Waals surface area contributed by atoms with E-state index in [9.17, 15) is 4.79 Å². The van der Waals surface area contributed by atoms with Crippen molar-refractivity contribution in [1.29, 1.82) is 0 Å². The van der Waals surface area contributed by atoms with Crippen molar-refractivity contribution >= 4 is 28.5 Å². The Hall–Kier alpha value is -1.59. The molecule has 1 aromatic carbocycles. The molecule has 1 aromatic heterocycles. The number of amides is 1. The van der Waals surface area contributed by atoms with Crippen LogP contribution < -0.4 is 0 Å². The molecule has 0 aliphatic carbocycles. The van der Waals surface area contributed by atoms with Crippen molar-refractivity contribution in [3.8, 4) is 0 Å². The number of hydrogen-bond donors (Lipinski definition) is 0. The van der Waals surface area contributed by atoms with Gasteiger partial charge in [0.05, 0.1) is 11.0 Å². The van der Waals surface area contributed by atoms with Crippen LogP contribution in [0, 0.1) is 0 Å². The molecule has 2 aromatic rings. The predicted molar refractivity (Wildman–Crippen MR) is 109 cm³/mol. The molecule has 6 heteroatoms. The molecule has 0 unspecified atom stereocenters. The van der Waals surface area contributed by atoms with Crippen LogP contribution in [0.5, 0.6) is 0 Å². The van der Waals surface area contributed by atoms with Crippen LogP contribution in [-0.4, -0.2) is 57.5 Å². The molecule has 5 nitrogen and oxygen atoms in total. The van der Waals surface area contributed by atoms with Gasteiger partial charge in [-0.1, -0.05) is 11.6 Å². The van der Waals surface area contributed by atoms with Crippen molar-refractivity contribution in [2.24, 2.45) is 7.05 Å². The van der Waals surface area contributed by atoms with Gasteiger partial charge in [0.2, 0.25) is 5.91 Å². The van der Waals surface area contributed by atoms with E-state index in [-0.39, 0.29) is 0 Å². The number of nitrogens with zero attached hydrogens (tertiary/aromatic N) is 4. The zero-order chi connectivity index (χ0) is 18.8. The quantitative estimate of drug-likeness (QED) is 0.785. The fraction of sp³-hybridized carbons (Fsp3) is 0.619. The van der Waals surface area contributed by atoms with Gasteiger partial charge in [-0.15, -0.1) is 0 Å². The number of aromatic nitrogens is 2. The number of imidazole rings is 1. The molecule has 1 amide bonds. The van der Waals surface area contributed by atoms with Crippen LogP contribution in [-0.2, 0) is 18.3 Å². The molecule has 0 radical (unpaired) electrons. The summed E-state index contributed by atoms with van der Waals surface area (Å²) >= 11 is 6.07. The van der Waals surface area contributed by atoms with E-state index in [1.54, 1.807) is 0 Å².